The largest absolute Gasteiger partial charge is 0.494 e. The second-order valence-corrected chi connectivity index (χ2v) is 9.68. The molecule has 0 saturated heterocycles. The molecule has 7 heteroatoms. The number of benzene rings is 2. The van der Waals surface area contributed by atoms with Gasteiger partial charge in [-0.2, -0.15) is 4.72 Å². The Balaban J connectivity index is 1.76. The number of sulfonamides is 1. The van der Waals surface area contributed by atoms with Crippen LogP contribution < -0.4 is 14.8 Å². The molecule has 0 bridgehead atoms. The molecule has 2 N–H and O–H groups in total. The van der Waals surface area contributed by atoms with Gasteiger partial charge in [-0.15, -0.1) is 0 Å². The molecule has 0 spiro atoms. The minimum absolute atomic E-state index is 0.100. The van der Waals surface area contributed by atoms with E-state index in [1.807, 2.05) is 37.3 Å². The third kappa shape index (κ3) is 7.08. The molecule has 1 fully saturated rings. The van der Waals surface area contributed by atoms with E-state index in [1.165, 1.54) is 25.0 Å². The fourth-order valence-corrected chi connectivity index (χ4v) is 5.10. The Labute approximate surface area is 185 Å². The Morgan fingerprint density at radius 1 is 1.00 bits per heavy atom. The minimum Gasteiger partial charge on any atom is -0.494 e. The summed E-state index contributed by atoms with van der Waals surface area (Å²) in [5, 5.41) is 3.09. The van der Waals surface area contributed by atoms with Gasteiger partial charge in [0.15, 0.2) is 0 Å². The van der Waals surface area contributed by atoms with Crippen LogP contribution in [-0.4, -0.2) is 33.0 Å². The van der Waals surface area contributed by atoms with E-state index in [9.17, 15) is 13.2 Å². The first-order valence-corrected chi connectivity index (χ1v) is 12.6. The zero-order chi connectivity index (χ0) is 22.1. The van der Waals surface area contributed by atoms with Crippen molar-refractivity contribution in [3.8, 4) is 5.75 Å². The van der Waals surface area contributed by atoms with Gasteiger partial charge >= 0.3 is 0 Å². The summed E-state index contributed by atoms with van der Waals surface area (Å²) in [7, 11) is -3.87. The summed E-state index contributed by atoms with van der Waals surface area (Å²) in [5.41, 5.74) is 0.901. The van der Waals surface area contributed by atoms with Gasteiger partial charge < -0.3 is 10.1 Å². The Morgan fingerprint density at radius 2 is 1.65 bits per heavy atom. The molecule has 31 heavy (non-hydrogen) atoms. The summed E-state index contributed by atoms with van der Waals surface area (Å²) in [6.07, 6.45) is 6.72. The highest BCUT2D eigenvalue weighted by atomic mass is 32.2. The zero-order valence-electron chi connectivity index (χ0n) is 18.0. The van der Waals surface area contributed by atoms with Gasteiger partial charge in [0, 0.05) is 6.04 Å². The number of carbonyl (C=O) groups is 1. The summed E-state index contributed by atoms with van der Waals surface area (Å²) in [6.45, 7) is 2.37. The van der Waals surface area contributed by atoms with Gasteiger partial charge in [0.05, 0.1) is 11.5 Å². The number of amides is 1. The van der Waals surface area contributed by atoms with Crippen LogP contribution in [0.15, 0.2) is 59.5 Å². The van der Waals surface area contributed by atoms with E-state index >= 15 is 0 Å². The molecule has 0 radical (unpaired) electrons. The second-order valence-electron chi connectivity index (χ2n) is 7.97. The van der Waals surface area contributed by atoms with Crippen LogP contribution in [0.2, 0.25) is 0 Å². The Morgan fingerprint density at radius 3 is 2.26 bits per heavy atom. The van der Waals surface area contributed by atoms with Crippen LogP contribution in [0.5, 0.6) is 5.75 Å². The molecule has 1 atom stereocenters. The maximum atomic E-state index is 13.1. The Hall–Kier alpha value is -2.38. The monoisotopic (exact) mass is 444 g/mol. The van der Waals surface area contributed by atoms with Gasteiger partial charge in [-0.25, -0.2) is 8.42 Å². The molecule has 1 aliphatic carbocycles. The van der Waals surface area contributed by atoms with E-state index in [2.05, 4.69) is 10.0 Å². The predicted octanol–water partition coefficient (Wildman–Crippen LogP) is 3.81. The SMILES string of the molecule is CCOc1ccc(S(=O)(=O)N[C@H](Cc2ccccc2)C(=O)NC2CCCCCC2)cc1. The third-order valence-electron chi connectivity index (χ3n) is 5.54. The molecule has 3 rings (SSSR count). The second kappa shape index (κ2) is 11.3. The van der Waals surface area contributed by atoms with Crippen LogP contribution in [0, 0.1) is 0 Å². The van der Waals surface area contributed by atoms with Gasteiger partial charge in [-0.3, -0.25) is 4.79 Å². The number of carbonyl (C=O) groups excluding carboxylic acids is 1. The van der Waals surface area contributed by atoms with Crippen molar-refractivity contribution in [2.45, 2.75) is 68.8 Å². The van der Waals surface area contributed by atoms with E-state index in [-0.39, 0.29) is 23.3 Å². The molecular weight excluding hydrogens is 412 g/mol. The quantitative estimate of drug-likeness (QED) is 0.576. The maximum Gasteiger partial charge on any atom is 0.241 e. The lowest BCUT2D eigenvalue weighted by molar-refractivity contribution is -0.123. The molecule has 2 aromatic rings. The van der Waals surface area contributed by atoms with Crippen LogP contribution in [0.4, 0.5) is 0 Å². The number of rotatable bonds is 9. The number of nitrogens with one attached hydrogen (secondary N) is 2. The molecule has 168 valence electrons. The summed E-state index contributed by atoms with van der Waals surface area (Å²) in [4.78, 5) is 13.2. The highest BCUT2D eigenvalue weighted by Gasteiger charge is 2.28. The van der Waals surface area contributed by atoms with Gasteiger partial charge in [0.1, 0.15) is 11.8 Å². The normalized spacial score (nSPS) is 16.3. The van der Waals surface area contributed by atoms with Crippen molar-refractivity contribution in [3.63, 3.8) is 0 Å². The first-order chi connectivity index (χ1) is 15.0. The highest BCUT2D eigenvalue weighted by molar-refractivity contribution is 7.89. The van der Waals surface area contributed by atoms with Crippen LogP contribution >= 0.6 is 0 Å². The molecule has 6 nitrogen and oxygen atoms in total. The molecule has 0 heterocycles. The fraction of sp³-hybridized carbons (Fsp3) is 0.458. The fourth-order valence-electron chi connectivity index (χ4n) is 3.90. The summed E-state index contributed by atoms with van der Waals surface area (Å²) in [6, 6.07) is 14.9. The van der Waals surface area contributed by atoms with Crippen LogP contribution in [0.3, 0.4) is 0 Å². The first kappa shape index (κ1) is 23.3. The summed E-state index contributed by atoms with van der Waals surface area (Å²) in [5.74, 6) is 0.332. The lowest BCUT2D eigenvalue weighted by Gasteiger charge is -2.23. The molecular formula is C24H32N2O4S. The molecule has 0 aliphatic heterocycles. The number of ether oxygens (including phenoxy) is 1. The number of hydrogen-bond donors (Lipinski definition) is 2. The third-order valence-corrected chi connectivity index (χ3v) is 7.03. The van der Waals surface area contributed by atoms with Crippen LogP contribution in [-0.2, 0) is 21.2 Å². The van der Waals surface area contributed by atoms with Crippen molar-refractivity contribution < 1.29 is 17.9 Å². The lowest BCUT2D eigenvalue weighted by Crippen LogP contribution is -2.50. The van der Waals surface area contributed by atoms with Gasteiger partial charge in [0.2, 0.25) is 15.9 Å². The van der Waals surface area contributed by atoms with Crippen molar-refractivity contribution in [3.05, 3.63) is 60.2 Å². The zero-order valence-corrected chi connectivity index (χ0v) is 18.9. The van der Waals surface area contributed by atoms with Gasteiger partial charge in [0.25, 0.3) is 0 Å². The van der Waals surface area contributed by atoms with E-state index in [4.69, 9.17) is 4.74 Å². The summed E-state index contributed by atoms with van der Waals surface area (Å²) >= 11 is 0. The average molecular weight is 445 g/mol. The molecule has 2 aromatic carbocycles. The summed E-state index contributed by atoms with van der Waals surface area (Å²) < 4.78 is 34.1. The van der Waals surface area contributed by atoms with Crippen molar-refractivity contribution in [1.82, 2.24) is 10.0 Å². The maximum absolute atomic E-state index is 13.1. The topological polar surface area (TPSA) is 84.5 Å². The Bertz CT molecular complexity index is 922. The molecule has 0 unspecified atom stereocenters. The number of hydrogen-bond acceptors (Lipinski definition) is 4. The van der Waals surface area contributed by atoms with Crippen LogP contribution in [0.1, 0.15) is 51.0 Å². The van der Waals surface area contributed by atoms with Crippen molar-refractivity contribution in [1.29, 1.82) is 0 Å². The molecule has 0 aromatic heterocycles. The molecule has 1 amide bonds. The van der Waals surface area contributed by atoms with E-state index in [0.717, 1.165) is 31.2 Å². The van der Waals surface area contributed by atoms with Gasteiger partial charge in [-0.05, 0) is 56.0 Å². The van der Waals surface area contributed by atoms with Gasteiger partial charge in [-0.1, -0.05) is 56.0 Å². The lowest BCUT2D eigenvalue weighted by atomic mass is 10.0. The highest BCUT2D eigenvalue weighted by Crippen LogP contribution is 2.19. The van der Waals surface area contributed by atoms with Crippen molar-refractivity contribution in [2.24, 2.45) is 0 Å². The Kier molecular flexibility index (Phi) is 8.49. The van der Waals surface area contributed by atoms with E-state index in [0.29, 0.717) is 12.4 Å². The van der Waals surface area contributed by atoms with Crippen molar-refractivity contribution >= 4 is 15.9 Å². The van der Waals surface area contributed by atoms with Crippen LogP contribution in [0.25, 0.3) is 0 Å². The predicted molar refractivity (Wildman–Crippen MR) is 121 cm³/mol. The van der Waals surface area contributed by atoms with E-state index in [1.54, 1.807) is 12.1 Å². The molecule has 1 aliphatic rings. The van der Waals surface area contributed by atoms with Crippen molar-refractivity contribution in [2.75, 3.05) is 6.61 Å². The smallest absolute Gasteiger partial charge is 0.241 e. The average Bonchev–Trinajstić information content (AvgIpc) is 3.03. The minimum atomic E-state index is -3.87. The first-order valence-electron chi connectivity index (χ1n) is 11.1. The van der Waals surface area contributed by atoms with E-state index < -0.39 is 16.1 Å². The molecule has 1 saturated carbocycles. The standard InChI is InChI=1S/C24H32N2O4S/c1-2-30-21-14-16-22(17-15-21)31(28,29)26-23(18-19-10-6-5-7-11-19)24(27)25-20-12-8-3-4-9-13-20/h5-7,10-11,14-17,20,23,26H,2-4,8-9,12-13,18H2,1H3,(H,25,27)/t23-/m1/s1.